The maximum Gasteiger partial charge on any atom is 0.267 e. The van der Waals surface area contributed by atoms with E-state index < -0.39 is 0 Å². The van der Waals surface area contributed by atoms with Crippen molar-refractivity contribution in [2.45, 2.75) is 19.9 Å². The van der Waals surface area contributed by atoms with E-state index in [1.807, 2.05) is 41.8 Å². The van der Waals surface area contributed by atoms with E-state index in [1.165, 1.54) is 0 Å². The molecular weight excluding hydrogens is 228 g/mol. The molecule has 0 atom stereocenters. The molecule has 2 aromatic rings. The Hall–Kier alpha value is -1.81. The fourth-order valence-corrected chi connectivity index (χ4v) is 2.11. The smallest absolute Gasteiger partial charge is 0.267 e. The number of rotatable bonds is 5. The number of benzene rings is 1. The van der Waals surface area contributed by atoms with Crippen LogP contribution in [0.3, 0.4) is 0 Å². The lowest BCUT2D eigenvalue weighted by atomic mass is 10.2. The predicted molar refractivity (Wildman–Crippen MR) is 71.6 cm³/mol. The fraction of sp³-hybridized carbons (Fsp3) is 0.357. The third kappa shape index (κ3) is 2.38. The molecule has 18 heavy (non-hydrogen) atoms. The lowest BCUT2D eigenvalue weighted by Gasteiger charge is -2.08. The molecule has 1 aromatic carbocycles. The number of aliphatic hydroxyl groups excluding tert-OH is 1. The van der Waals surface area contributed by atoms with Crippen LogP contribution >= 0.6 is 0 Å². The summed E-state index contributed by atoms with van der Waals surface area (Å²) in [4.78, 5) is 12.1. The van der Waals surface area contributed by atoms with Crippen molar-refractivity contribution < 1.29 is 9.90 Å². The summed E-state index contributed by atoms with van der Waals surface area (Å²) in [5, 5.41) is 12.6. The second-order valence-electron chi connectivity index (χ2n) is 4.17. The summed E-state index contributed by atoms with van der Waals surface area (Å²) in [6.45, 7) is 3.38. The van der Waals surface area contributed by atoms with Crippen molar-refractivity contribution in [1.29, 1.82) is 0 Å². The zero-order chi connectivity index (χ0) is 13.0. The third-order valence-corrected chi connectivity index (χ3v) is 2.98. The molecule has 0 aliphatic heterocycles. The van der Waals surface area contributed by atoms with E-state index in [0.29, 0.717) is 18.7 Å². The molecule has 0 radical (unpaired) electrons. The van der Waals surface area contributed by atoms with E-state index in [9.17, 15) is 4.79 Å². The highest BCUT2D eigenvalue weighted by Crippen LogP contribution is 2.19. The van der Waals surface area contributed by atoms with Gasteiger partial charge in [-0.2, -0.15) is 0 Å². The molecule has 0 fully saturated rings. The average molecular weight is 246 g/mol. The molecule has 96 valence electrons. The molecule has 1 heterocycles. The van der Waals surface area contributed by atoms with E-state index in [4.69, 9.17) is 5.11 Å². The normalized spacial score (nSPS) is 10.8. The van der Waals surface area contributed by atoms with Gasteiger partial charge in [0.2, 0.25) is 0 Å². The Bertz CT molecular complexity index is 546. The van der Waals surface area contributed by atoms with Gasteiger partial charge in [0.25, 0.3) is 5.91 Å². The van der Waals surface area contributed by atoms with E-state index in [0.717, 1.165) is 17.4 Å². The van der Waals surface area contributed by atoms with Crippen molar-refractivity contribution in [2.24, 2.45) is 0 Å². The minimum Gasteiger partial charge on any atom is -0.396 e. The van der Waals surface area contributed by atoms with Gasteiger partial charge in [0, 0.05) is 30.6 Å². The highest BCUT2D eigenvalue weighted by atomic mass is 16.3. The number of aromatic nitrogens is 1. The molecular formula is C14H18N2O2. The maximum absolute atomic E-state index is 12.1. The molecule has 1 amide bonds. The van der Waals surface area contributed by atoms with Gasteiger partial charge in [-0.3, -0.25) is 4.79 Å². The zero-order valence-corrected chi connectivity index (χ0v) is 10.5. The zero-order valence-electron chi connectivity index (χ0n) is 10.5. The van der Waals surface area contributed by atoms with Crippen molar-refractivity contribution >= 4 is 16.8 Å². The second kappa shape index (κ2) is 5.69. The fourth-order valence-electron chi connectivity index (χ4n) is 2.11. The van der Waals surface area contributed by atoms with Crippen LogP contribution in [-0.4, -0.2) is 28.7 Å². The number of hydrogen-bond acceptors (Lipinski definition) is 2. The van der Waals surface area contributed by atoms with Gasteiger partial charge in [-0.25, -0.2) is 0 Å². The Morgan fingerprint density at radius 3 is 2.89 bits per heavy atom. The Morgan fingerprint density at radius 1 is 1.39 bits per heavy atom. The number of hydrogen-bond donors (Lipinski definition) is 2. The monoisotopic (exact) mass is 246 g/mol. The maximum atomic E-state index is 12.1. The van der Waals surface area contributed by atoms with Crippen molar-refractivity contribution in [3.05, 3.63) is 36.0 Å². The number of para-hydroxylation sites is 1. The van der Waals surface area contributed by atoms with Crippen molar-refractivity contribution in [1.82, 2.24) is 9.88 Å². The van der Waals surface area contributed by atoms with Gasteiger partial charge in [0.05, 0.1) is 0 Å². The number of aliphatic hydroxyl groups is 1. The van der Waals surface area contributed by atoms with Gasteiger partial charge in [-0.05, 0) is 25.5 Å². The van der Waals surface area contributed by atoms with E-state index in [2.05, 4.69) is 5.32 Å². The number of carbonyl (C=O) groups is 1. The van der Waals surface area contributed by atoms with Crippen LogP contribution in [0.1, 0.15) is 23.8 Å². The van der Waals surface area contributed by atoms with Crippen LogP contribution in [0, 0.1) is 0 Å². The minimum atomic E-state index is -0.0819. The first-order chi connectivity index (χ1) is 8.77. The second-order valence-corrected chi connectivity index (χ2v) is 4.17. The lowest BCUT2D eigenvalue weighted by molar-refractivity contribution is 0.0942. The number of aryl methyl sites for hydroxylation is 1. The lowest BCUT2D eigenvalue weighted by Crippen LogP contribution is -2.27. The summed E-state index contributed by atoms with van der Waals surface area (Å²) < 4.78 is 2.00. The molecule has 0 aliphatic carbocycles. The van der Waals surface area contributed by atoms with E-state index in [1.54, 1.807) is 0 Å². The summed E-state index contributed by atoms with van der Waals surface area (Å²) in [5.74, 6) is -0.0819. The summed E-state index contributed by atoms with van der Waals surface area (Å²) in [5.41, 5.74) is 1.75. The van der Waals surface area contributed by atoms with Crippen LogP contribution in [0.15, 0.2) is 30.3 Å². The molecule has 0 spiro atoms. The van der Waals surface area contributed by atoms with Gasteiger partial charge >= 0.3 is 0 Å². The molecule has 0 aliphatic rings. The molecule has 0 saturated carbocycles. The molecule has 0 unspecified atom stereocenters. The first kappa shape index (κ1) is 12.6. The van der Waals surface area contributed by atoms with Crippen molar-refractivity contribution in [3.8, 4) is 0 Å². The summed E-state index contributed by atoms with van der Waals surface area (Å²) in [7, 11) is 0. The summed E-state index contributed by atoms with van der Waals surface area (Å²) in [6.07, 6.45) is 0.581. The summed E-state index contributed by atoms with van der Waals surface area (Å²) in [6, 6.07) is 9.88. The Morgan fingerprint density at radius 2 is 2.17 bits per heavy atom. The SMILES string of the molecule is CCn1c(C(=O)NCCCO)cc2ccccc21. The van der Waals surface area contributed by atoms with Crippen LogP contribution < -0.4 is 5.32 Å². The number of nitrogens with one attached hydrogen (secondary N) is 1. The molecule has 4 heteroatoms. The molecule has 2 N–H and O–H groups in total. The van der Waals surface area contributed by atoms with Crippen LogP contribution in [0.25, 0.3) is 10.9 Å². The number of nitrogens with zero attached hydrogens (tertiary/aromatic N) is 1. The first-order valence-corrected chi connectivity index (χ1v) is 6.25. The van der Waals surface area contributed by atoms with Gasteiger partial charge in [-0.15, -0.1) is 0 Å². The van der Waals surface area contributed by atoms with Crippen LogP contribution in [0.5, 0.6) is 0 Å². The Kier molecular flexibility index (Phi) is 3.99. The molecule has 0 saturated heterocycles. The number of amides is 1. The highest BCUT2D eigenvalue weighted by Gasteiger charge is 2.13. The van der Waals surface area contributed by atoms with E-state index in [-0.39, 0.29) is 12.5 Å². The topological polar surface area (TPSA) is 54.3 Å². The highest BCUT2D eigenvalue weighted by molar-refractivity contribution is 5.98. The van der Waals surface area contributed by atoms with Crippen LogP contribution in [-0.2, 0) is 6.54 Å². The standard InChI is InChI=1S/C14H18N2O2/c1-2-16-12-7-4-3-6-11(12)10-13(16)14(18)15-8-5-9-17/h3-4,6-7,10,17H,2,5,8-9H2,1H3,(H,15,18). The van der Waals surface area contributed by atoms with Gasteiger partial charge in [0.1, 0.15) is 5.69 Å². The van der Waals surface area contributed by atoms with Crippen molar-refractivity contribution in [2.75, 3.05) is 13.2 Å². The minimum absolute atomic E-state index is 0.0819. The average Bonchev–Trinajstić information content (AvgIpc) is 2.77. The number of carbonyl (C=O) groups excluding carboxylic acids is 1. The molecule has 4 nitrogen and oxygen atoms in total. The summed E-state index contributed by atoms with van der Waals surface area (Å²) >= 11 is 0. The Balaban J connectivity index is 2.29. The Labute approximate surface area is 106 Å². The van der Waals surface area contributed by atoms with E-state index >= 15 is 0 Å². The molecule has 2 rings (SSSR count). The van der Waals surface area contributed by atoms with Gasteiger partial charge < -0.3 is 15.0 Å². The molecule has 0 bridgehead atoms. The van der Waals surface area contributed by atoms with Crippen LogP contribution in [0.2, 0.25) is 0 Å². The quantitative estimate of drug-likeness (QED) is 0.790. The number of fused-ring (bicyclic) bond motifs is 1. The van der Waals surface area contributed by atoms with Crippen LogP contribution in [0.4, 0.5) is 0 Å². The van der Waals surface area contributed by atoms with Gasteiger partial charge in [-0.1, -0.05) is 18.2 Å². The largest absolute Gasteiger partial charge is 0.396 e. The van der Waals surface area contributed by atoms with Crippen molar-refractivity contribution in [3.63, 3.8) is 0 Å². The first-order valence-electron chi connectivity index (χ1n) is 6.25. The molecule has 1 aromatic heterocycles. The van der Waals surface area contributed by atoms with Gasteiger partial charge in [0.15, 0.2) is 0 Å². The third-order valence-electron chi connectivity index (χ3n) is 2.98. The predicted octanol–water partition coefficient (Wildman–Crippen LogP) is 1.77.